The van der Waals surface area contributed by atoms with Gasteiger partial charge in [0.25, 0.3) is 0 Å². The Morgan fingerprint density at radius 2 is 1.89 bits per heavy atom. The van der Waals surface area contributed by atoms with Gasteiger partial charge in [0.15, 0.2) is 0 Å². The van der Waals surface area contributed by atoms with Crippen molar-refractivity contribution in [2.75, 3.05) is 13.1 Å². The quantitative estimate of drug-likeness (QED) is 0.822. The van der Waals surface area contributed by atoms with E-state index < -0.39 is 5.97 Å². The van der Waals surface area contributed by atoms with Gasteiger partial charge < -0.3 is 10.0 Å². The minimum Gasteiger partial charge on any atom is -0.478 e. The van der Waals surface area contributed by atoms with Gasteiger partial charge in [-0.05, 0) is 25.0 Å². The van der Waals surface area contributed by atoms with Crippen LogP contribution in [0.15, 0.2) is 24.3 Å². The number of benzene rings is 1. The van der Waals surface area contributed by atoms with Crippen molar-refractivity contribution in [3.8, 4) is 0 Å². The maximum atomic E-state index is 12.2. The lowest BCUT2D eigenvalue weighted by Gasteiger charge is -2.21. The number of carbonyl (C=O) groups excluding carboxylic acids is 1. The van der Waals surface area contributed by atoms with E-state index in [1.54, 1.807) is 23.1 Å². The van der Waals surface area contributed by atoms with Gasteiger partial charge in [0, 0.05) is 13.1 Å². The zero-order chi connectivity index (χ0) is 14.3. The summed E-state index contributed by atoms with van der Waals surface area (Å²) in [6, 6.07) is 6.67. The van der Waals surface area contributed by atoms with Crippen LogP contribution in [0.3, 0.4) is 0 Å². The molecule has 0 radical (unpaired) electrons. The number of hydrogen-bond acceptors (Lipinski definition) is 2. The summed E-state index contributed by atoms with van der Waals surface area (Å²) in [5.74, 6) is -0.996. The van der Waals surface area contributed by atoms with E-state index in [2.05, 4.69) is 6.92 Å². The first kappa shape index (κ1) is 15.2. The molecule has 0 aromatic heterocycles. The van der Waals surface area contributed by atoms with Crippen molar-refractivity contribution < 1.29 is 14.7 Å². The van der Waals surface area contributed by atoms with Crippen LogP contribution in [-0.4, -0.2) is 35.0 Å². The van der Waals surface area contributed by atoms with Gasteiger partial charge in [-0.1, -0.05) is 31.5 Å². The van der Waals surface area contributed by atoms with Gasteiger partial charge in [0.1, 0.15) is 0 Å². The SMILES string of the molecule is CCCCN(CC)C(=O)Cc1ccccc1C(=O)O. The van der Waals surface area contributed by atoms with Crippen molar-refractivity contribution in [3.05, 3.63) is 35.4 Å². The molecule has 1 aromatic carbocycles. The Morgan fingerprint density at radius 3 is 2.47 bits per heavy atom. The van der Waals surface area contributed by atoms with Crippen molar-refractivity contribution in [1.29, 1.82) is 0 Å². The molecule has 0 saturated heterocycles. The minimum absolute atomic E-state index is 0.00958. The third-order valence-electron chi connectivity index (χ3n) is 3.11. The van der Waals surface area contributed by atoms with Gasteiger partial charge in [-0.3, -0.25) is 4.79 Å². The summed E-state index contributed by atoms with van der Waals surface area (Å²) in [5, 5.41) is 9.09. The number of nitrogens with zero attached hydrogens (tertiary/aromatic N) is 1. The van der Waals surface area contributed by atoms with Gasteiger partial charge >= 0.3 is 5.97 Å². The van der Waals surface area contributed by atoms with E-state index in [1.807, 2.05) is 6.92 Å². The number of hydrogen-bond donors (Lipinski definition) is 1. The van der Waals surface area contributed by atoms with Crippen molar-refractivity contribution in [3.63, 3.8) is 0 Å². The number of amides is 1. The molecule has 1 rings (SSSR count). The lowest BCUT2D eigenvalue weighted by molar-refractivity contribution is -0.130. The molecule has 0 aliphatic carbocycles. The third kappa shape index (κ3) is 4.39. The normalized spacial score (nSPS) is 10.2. The molecule has 0 aliphatic heterocycles. The lowest BCUT2D eigenvalue weighted by atomic mass is 10.0. The van der Waals surface area contributed by atoms with Crippen LogP contribution in [-0.2, 0) is 11.2 Å². The second-order valence-electron chi connectivity index (χ2n) is 4.47. The number of carboxylic acid groups (broad SMARTS) is 1. The van der Waals surface area contributed by atoms with E-state index in [0.717, 1.165) is 19.4 Å². The fraction of sp³-hybridized carbons (Fsp3) is 0.467. The Morgan fingerprint density at radius 1 is 1.21 bits per heavy atom. The Balaban J connectivity index is 2.78. The predicted octanol–water partition coefficient (Wildman–Crippen LogP) is 2.58. The molecule has 19 heavy (non-hydrogen) atoms. The van der Waals surface area contributed by atoms with Crippen LogP contribution in [0.1, 0.15) is 42.6 Å². The molecule has 104 valence electrons. The van der Waals surface area contributed by atoms with Crippen molar-refractivity contribution in [2.45, 2.75) is 33.1 Å². The molecule has 0 saturated carbocycles. The van der Waals surface area contributed by atoms with E-state index in [-0.39, 0.29) is 17.9 Å². The van der Waals surface area contributed by atoms with Crippen molar-refractivity contribution in [2.24, 2.45) is 0 Å². The molecule has 0 heterocycles. The average Bonchev–Trinajstić information content (AvgIpc) is 2.40. The second kappa shape index (κ2) is 7.56. The summed E-state index contributed by atoms with van der Waals surface area (Å²) in [6.45, 7) is 5.42. The first-order valence-electron chi connectivity index (χ1n) is 6.69. The monoisotopic (exact) mass is 263 g/mol. The van der Waals surface area contributed by atoms with Crippen molar-refractivity contribution in [1.82, 2.24) is 4.90 Å². The topological polar surface area (TPSA) is 57.6 Å². The molecule has 1 amide bonds. The Kier molecular flexibility index (Phi) is 6.06. The van der Waals surface area contributed by atoms with Crippen LogP contribution in [0, 0.1) is 0 Å². The van der Waals surface area contributed by atoms with E-state index in [0.29, 0.717) is 12.1 Å². The maximum absolute atomic E-state index is 12.2. The molecule has 4 nitrogen and oxygen atoms in total. The Bertz CT molecular complexity index is 443. The first-order valence-corrected chi connectivity index (χ1v) is 6.69. The Labute approximate surface area is 114 Å². The fourth-order valence-electron chi connectivity index (χ4n) is 1.97. The molecule has 0 unspecified atom stereocenters. The molecule has 0 spiro atoms. The molecule has 1 aromatic rings. The molecular weight excluding hydrogens is 242 g/mol. The molecular formula is C15H21NO3. The Hall–Kier alpha value is -1.84. The maximum Gasteiger partial charge on any atom is 0.335 e. The van der Waals surface area contributed by atoms with E-state index >= 15 is 0 Å². The molecule has 4 heteroatoms. The molecule has 0 bridgehead atoms. The van der Waals surface area contributed by atoms with Gasteiger partial charge in [-0.2, -0.15) is 0 Å². The largest absolute Gasteiger partial charge is 0.478 e. The number of unbranched alkanes of at least 4 members (excludes halogenated alkanes) is 1. The predicted molar refractivity (Wildman–Crippen MR) is 74.3 cm³/mol. The van der Waals surface area contributed by atoms with Crippen molar-refractivity contribution >= 4 is 11.9 Å². The van der Waals surface area contributed by atoms with E-state index in [4.69, 9.17) is 5.11 Å². The van der Waals surface area contributed by atoms with E-state index in [1.165, 1.54) is 6.07 Å². The first-order chi connectivity index (χ1) is 9.10. The highest BCUT2D eigenvalue weighted by Gasteiger charge is 2.16. The molecule has 0 atom stereocenters. The summed E-state index contributed by atoms with van der Waals surface area (Å²) in [5.41, 5.74) is 0.789. The van der Waals surface area contributed by atoms with Crippen LogP contribution >= 0.6 is 0 Å². The highest BCUT2D eigenvalue weighted by molar-refractivity contribution is 5.91. The number of rotatable bonds is 7. The van der Waals surface area contributed by atoms with Gasteiger partial charge in [-0.25, -0.2) is 4.79 Å². The van der Waals surface area contributed by atoms with E-state index in [9.17, 15) is 9.59 Å². The number of carbonyl (C=O) groups is 2. The summed E-state index contributed by atoms with van der Waals surface area (Å²) >= 11 is 0. The van der Waals surface area contributed by atoms with Crippen LogP contribution < -0.4 is 0 Å². The third-order valence-corrected chi connectivity index (χ3v) is 3.11. The number of aromatic carboxylic acids is 1. The van der Waals surface area contributed by atoms with Crippen LogP contribution in [0.4, 0.5) is 0 Å². The highest BCUT2D eigenvalue weighted by Crippen LogP contribution is 2.11. The van der Waals surface area contributed by atoms with Gasteiger partial charge in [0.2, 0.25) is 5.91 Å². The number of carboxylic acids is 1. The summed E-state index contributed by atoms with van der Waals surface area (Å²) in [7, 11) is 0. The smallest absolute Gasteiger partial charge is 0.335 e. The van der Waals surface area contributed by atoms with Crippen LogP contribution in [0.2, 0.25) is 0 Å². The zero-order valence-corrected chi connectivity index (χ0v) is 11.6. The summed E-state index contributed by atoms with van der Waals surface area (Å²) in [4.78, 5) is 25.0. The number of likely N-dealkylation sites (N-methyl/N-ethyl adjacent to an activating group) is 1. The zero-order valence-electron chi connectivity index (χ0n) is 11.6. The molecule has 1 N–H and O–H groups in total. The summed E-state index contributed by atoms with van der Waals surface area (Å²) < 4.78 is 0. The minimum atomic E-state index is -0.986. The summed E-state index contributed by atoms with van der Waals surface area (Å²) in [6.07, 6.45) is 2.16. The standard InChI is InChI=1S/C15H21NO3/c1-3-5-10-16(4-2)14(17)11-12-8-6-7-9-13(12)15(18)19/h6-9H,3-5,10-11H2,1-2H3,(H,18,19). The molecule has 0 fully saturated rings. The van der Waals surface area contributed by atoms with Crippen LogP contribution in [0.5, 0.6) is 0 Å². The average molecular weight is 263 g/mol. The lowest BCUT2D eigenvalue weighted by Crippen LogP contribution is -2.33. The highest BCUT2D eigenvalue weighted by atomic mass is 16.4. The second-order valence-corrected chi connectivity index (χ2v) is 4.47. The molecule has 0 aliphatic rings. The van der Waals surface area contributed by atoms with Gasteiger partial charge in [-0.15, -0.1) is 0 Å². The fourth-order valence-corrected chi connectivity index (χ4v) is 1.97. The van der Waals surface area contributed by atoms with Gasteiger partial charge in [0.05, 0.1) is 12.0 Å². The van der Waals surface area contributed by atoms with Crippen LogP contribution in [0.25, 0.3) is 0 Å².